The van der Waals surface area contributed by atoms with Crippen LogP contribution in [-0.4, -0.2) is 72.1 Å². The molecule has 0 spiro atoms. The molecule has 16 heteroatoms. The van der Waals surface area contributed by atoms with Crippen molar-refractivity contribution < 1.29 is 45.6 Å². The average molecular weight is 933 g/mol. The van der Waals surface area contributed by atoms with Crippen LogP contribution in [0, 0.1) is 0 Å². The smallest absolute Gasteiger partial charge is 0.273 e. The molecule has 0 saturated carbocycles. The van der Waals surface area contributed by atoms with E-state index in [2.05, 4.69) is 0 Å². The van der Waals surface area contributed by atoms with Gasteiger partial charge in [0.25, 0.3) is 20.0 Å². The van der Waals surface area contributed by atoms with E-state index >= 15 is 0 Å². The first-order valence-electron chi connectivity index (χ1n) is 22.6. The van der Waals surface area contributed by atoms with Gasteiger partial charge in [-0.15, -0.1) is 0 Å². The van der Waals surface area contributed by atoms with Crippen LogP contribution in [0.15, 0.2) is 58.3 Å². The number of hydrogen-bond acceptors (Lipinski definition) is 12. The van der Waals surface area contributed by atoms with Crippen molar-refractivity contribution in [2.45, 2.75) is 177 Å². The number of unbranched alkanes of at least 4 members (excludes halogenated alkanes) is 18. The summed E-state index contributed by atoms with van der Waals surface area (Å²) in [5.74, 6) is -0.531. The van der Waals surface area contributed by atoms with Crippen LogP contribution in [0.5, 0.6) is 0 Å². The Labute approximate surface area is 377 Å². The zero-order valence-electron chi connectivity index (χ0n) is 36.0. The third-order valence-corrected chi connectivity index (χ3v) is 17.4. The highest BCUT2D eigenvalue weighted by atomic mass is 33.1. The molecular weight excluding hydrogens is 869 g/mol. The summed E-state index contributed by atoms with van der Waals surface area (Å²) < 4.78 is 51.4. The number of imide groups is 2. The molecule has 342 valence electrons. The second-order valence-electron chi connectivity index (χ2n) is 16.2. The van der Waals surface area contributed by atoms with Crippen LogP contribution >= 0.6 is 21.6 Å². The summed E-state index contributed by atoms with van der Waals surface area (Å²) in [5, 5.41) is 0. The monoisotopic (exact) mass is 932 g/mol. The first kappa shape index (κ1) is 51.3. The minimum Gasteiger partial charge on any atom is -0.294 e. The molecule has 0 N–H and O–H groups in total. The molecule has 2 aliphatic rings. The lowest BCUT2D eigenvalue weighted by Crippen LogP contribution is -2.35. The lowest BCUT2D eigenvalue weighted by molar-refractivity contribution is -0.134. The highest BCUT2D eigenvalue weighted by molar-refractivity contribution is 8.76. The van der Waals surface area contributed by atoms with Gasteiger partial charge in [-0.05, 0) is 49.9 Å². The minimum absolute atomic E-state index is 0.0400. The molecule has 2 aromatic rings. The Kier molecular flexibility index (Phi) is 22.4. The van der Waals surface area contributed by atoms with Crippen LogP contribution < -0.4 is 0 Å². The number of ketones is 2. The molecular formula is C46H64N2O10S4. The Balaban J connectivity index is 0.854. The summed E-state index contributed by atoms with van der Waals surface area (Å²) in [6.07, 6.45) is 23.7. The highest BCUT2D eigenvalue weighted by Crippen LogP contribution is 2.27. The van der Waals surface area contributed by atoms with E-state index in [0.717, 1.165) is 38.5 Å². The summed E-state index contributed by atoms with van der Waals surface area (Å²) in [4.78, 5) is 72.3. The largest absolute Gasteiger partial charge is 0.294 e. The maximum atomic E-state index is 12.7. The van der Waals surface area contributed by atoms with Gasteiger partial charge in [0, 0.05) is 61.2 Å². The van der Waals surface area contributed by atoms with Crippen molar-refractivity contribution in [1.82, 2.24) is 8.61 Å². The van der Waals surface area contributed by atoms with Crippen LogP contribution in [0.4, 0.5) is 0 Å². The quantitative estimate of drug-likeness (QED) is 0.0287. The van der Waals surface area contributed by atoms with E-state index in [1.165, 1.54) is 150 Å². The number of benzene rings is 2. The fourth-order valence-electron chi connectivity index (χ4n) is 7.61. The first-order valence-corrected chi connectivity index (χ1v) is 27.9. The average Bonchev–Trinajstić information content (AvgIpc) is 3.80. The van der Waals surface area contributed by atoms with E-state index < -0.39 is 43.7 Å². The van der Waals surface area contributed by atoms with Gasteiger partial charge in [0.15, 0.2) is 11.6 Å². The van der Waals surface area contributed by atoms with Gasteiger partial charge < -0.3 is 0 Å². The number of nitrogens with zero attached hydrogens (tertiary/aromatic N) is 2. The van der Waals surface area contributed by atoms with E-state index in [1.54, 1.807) is 0 Å². The zero-order valence-corrected chi connectivity index (χ0v) is 39.3. The Morgan fingerprint density at radius 2 is 0.629 bits per heavy atom. The number of amides is 4. The predicted molar refractivity (Wildman–Crippen MR) is 245 cm³/mol. The van der Waals surface area contributed by atoms with Crippen LogP contribution in [-0.2, 0) is 39.2 Å². The van der Waals surface area contributed by atoms with E-state index in [0.29, 0.717) is 32.6 Å². The van der Waals surface area contributed by atoms with Crippen LogP contribution in [0.25, 0.3) is 0 Å². The van der Waals surface area contributed by atoms with Crippen molar-refractivity contribution >= 4 is 76.8 Å². The maximum absolute atomic E-state index is 12.7. The van der Waals surface area contributed by atoms with Crippen molar-refractivity contribution in [3.8, 4) is 0 Å². The minimum atomic E-state index is -4.24. The predicted octanol–water partition coefficient (Wildman–Crippen LogP) is 10.4. The molecule has 2 fully saturated rings. The molecule has 0 radical (unpaired) electrons. The number of carbonyl (C=O) groups excluding carboxylic acids is 6. The van der Waals surface area contributed by atoms with Gasteiger partial charge in [0.1, 0.15) is 0 Å². The number of rotatable bonds is 33. The fraction of sp³-hybridized carbons (Fsp3) is 0.609. The van der Waals surface area contributed by atoms with E-state index in [4.69, 9.17) is 0 Å². The van der Waals surface area contributed by atoms with Crippen molar-refractivity contribution in [1.29, 1.82) is 0 Å². The van der Waals surface area contributed by atoms with Gasteiger partial charge >= 0.3 is 0 Å². The molecule has 4 amide bonds. The molecule has 0 aliphatic carbocycles. The molecule has 0 atom stereocenters. The topological polar surface area (TPSA) is 177 Å². The van der Waals surface area contributed by atoms with Crippen LogP contribution in [0.3, 0.4) is 0 Å². The molecule has 62 heavy (non-hydrogen) atoms. The summed E-state index contributed by atoms with van der Waals surface area (Å²) >= 11 is 0. The summed E-state index contributed by atoms with van der Waals surface area (Å²) in [5.41, 5.74) is 0.861. The fourth-order valence-corrected chi connectivity index (χ4v) is 12.7. The van der Waals surface area contributed by atoms with Crippen molar-refractivity contribution in [3.63, 3.8) is 0 Å². The van der Waals surface area contributed by atoms with Crippen molar-refractivity contribution in [2.75, 3.05) is 11.5 Å². The van der Waals surface area contributed by atoms with Gasteiger partial charge in [-0.1, -0.05) is 149 Å². The maximum Gasteiger partial charge on any atom is 0.273 e. The Hall–Kier alpha value is -3.34. The normalized spacial score (nSPS) is 14.7. The summed E-state index contributed by atoms with van der Waals surface area (Å²) in [7, 11) is -4.46. The molecule has 0 bridgehead atoms. The van der Waals surface area contributed by atoms with Gasteiger partial charge in [0.05, 0.1) is 9.79 Å². The molecule has 2 saturated heterocycles. The van der Waals surface area contributed by atoms with Crippen molar-refractivity contribution in [2.24, 2.45) is 0 Å². The molecule has 0 unspecified atom stereocenters. The van der Waals surface area contributed by atoms with Gasteiger partial charge in [-0.2, -0.15) is 8.61 Å². The Morgan fingerprint density at radius 3 is 0.903 bits per heavy atom. The lowest BCUT2D eigenvalue weighted by atomic mass is 10.0. The van der Waals surface area contributed by atoms with E-state index in [9.17, 15) is 45.6 Å². The SMILES string of the molecule is O=C(CCCCCCCCCCCCSSCCCCCCCCCCCCC(=O)c1ccc(S(=O)(=O)N2C(=O)CCC2=O)cc1)c1ccc(S(=O)(=O)N2C(=O)CCC2=O)cc1. The van der Waals surface area contributed by atoms with Gasteiger partial charge in [0.2, 0.25) is 23.6 Å². The summed E-state index contributed by atoms with van der Waals surface area (Å²) in [6, 6.07) is 11.0. The molecule has 2 aliphatic heterocycles. The molecule has 0 aromatic heterocycles. The standard InChI is InChI=1S/C46H64N2O10S4/c49-41(37-23-27-39(28-24-37)61(55,56)47-43(51)31-32-44(47)52)21-17-13-9-5-1-3-7-11-15-19-35-59-60-36-20-16-12-8-4-2-6-10-14-18-22-42(50)38-25-29-40(30-26-38)62(57,58)48-45(53)33-34-46(48)54/h23-30H,1-22,31-36H2. The van der Waals surface area contributed by atoms with Crippen LogP contribution in [0.2, 0.25) is 0 Å². The van der Waals surface area contributed by atoms with E-state index in [-0.39, 0.29) is 47.0 Å². The summed E-state index contributed by atoms with van der Waals surface area (Å²) in [6.45, 7) is 0. The lowest BCUT2D eigenvalue weighted by Gasteiger charge is -2.14. The van der Waals surface area contributed by atoms with Gasteiger partial charge in [-0.3, -0.25) is 28.8 Å². The molecule has 4 rings (SSSR count). The molecule has 2 heterocycles. The number of carbonyl (C=O) groups is 6. The van der Waals surface area contributed by atoms with Crippen molar-refractivity contribution in [3.05, 3.63) is 59.7 Å². The number of sulfonamides is 2. The Morgan fingerprint density at radius 1 is 0.387 bits per heavy atom. The molecule has 12 nitrogen and oxygen atoms in total. The third-order valence-electron chi connectivity index (χ3n) is 11.3. The number of hydrogen-bond donors (Lipinski definition) is 0. The molecule has 2 aromatic carbocycles. The Bertz CT molecular complexity index is 1840. The van der Waals surface area contributed by atoms with Crippen LogP contribution in [0.1, 0.15) is 188 Å². The first-order chi connectivity index (χ1) is 29.8. The second-order valence-corrected chi connectivity index (χ2v) is 22.5. The van der Waals surface area contributed by atoms with E-state index in [1.807, 2.05) is 21.6 Å². The highest BCUT2D eigenvalue weighted by Gasteiger charge is 2.40. The zero-order chi connectivity index (χ0) is 44.8. The van der Waals surface area contributed by atoms with Gasteiger partial charge in [-0.25, -0.2) is 16.8 Å². The second kappa shape index (κ2) is 27.1. The number of Topliss-reactive ketones (excluding diaryl/α,β-unsaturated/α-hetero) is 2. The third kappa shape index (κ3) is 16.3.